The maximum absolute atomic E-state index is 12.8. The maximum atomic E-state index is 12.8. The average Bonchev–Trinajstić information content (AvgIpc) is 3.48. The summed E-state index contributed by atoms with van der Waals surface area (Å²) in [6.45, 7) is 2.63. The molecule has 3 atom stereocenters. The minimum absolute atomic E-state index is 0.114. The number of aliphatic hydroxyl groups is 2. The number of rotatable bonds is 7. The molecule has 8 nitrogen and oxygen atoms in total. The largest absolute Gasteiger partial charge is 0.380 e. The molecule has 34 heavy (non-hydrogen) atoms. The lowest BCUT2D eigenvalue weighted by molar-refractivity contribution is -0.153. The molecule has 0 bridgehead atoms. The van der Waals surface area contributed by atoms with E-state index in [1.165, 1.54) is 16.0 Å². The van der Waals surface area contributed by atoms with Gasteiger partial charge in [-0.15, -0.1) is 0 Å². The van der Waals surface area contributed by atoms with Crippen molar-refractivity contribution in [3.63, 3.8) is 0 Å². The summed E-state index contributed by atoms with van der Waals surface area (Å²) >= 11 is 0. The lowest BCUT2D eigenvalue weighted by Gasteiger charge is -2.28. The quantitative estimate of drug-likeness (QED) is 0.573. The van der Waals surface area contributed by atoms with E-state index in [-0.39, 0.29) is 6.04 Å². The number of hydrogen-bond acceptors (Lipinski definition) is 6. The predicted molar refractivity (Wildman–Crippen MR) is 130 cm³/mol. The SMILES string of the molecule is C[C@@H](NC(=O)[C@H](O)[C@@H](O)C(=O)N(C)C1Cc2ccccc2C1)c1ccc(N2C=CCN2C)cc1. The third kappa shape index (κ3) is 4.84. The van der Waals surface area contributed by atoms with Crippen LogP contribution in [0.4, 0.5) is 5.69 Å². The van der Waals surface area contributed by atoms with Crippen LogP contribution in [0.3, 0.4) is 0 Å². The Labute approximate surface area is 200 Å². The molecule has 1 aliphatic carbocycles. The molecule has 0 aromatic heterocycles. The van der Waals surface area contributed by atoms with Gasteiger partial charge in [0.15, 0.2) is 12.2 Å². The highest BCUT2D eigenvalue weighted by Crippen LogP contribution is 2.26. The molecule has 1 heterocycles. The van der Waals surface area contributed by atoms with Crippen LogP contribution in [0, 0.1) is 0 Å². The van der Waals surface area contributed by atoms with E-state index < -0.39 is 30.1 Å². The van der Waals surface area contributed by atoms with Gasteiger partial charge in [0.05, 0.1) is 11.7 Å². The van der Waals surface area contributed by atoms with Crippen molar-refractivity contribution in [1.82, 2.24) is 15.2 Å². The predicted octanol–water partition coefficient (Wildman–Crippen LogP) is 1.39. The Hall–Kier alpha value is -3.20. The molecule has 0 radical (unpaired) electrons. The van der Waals surface area contributed by atoms with Crippen LogP contribution in [0.5, 0.6) is 0 Å². The van der Waals surface area contributed by atoms with Crippen LogP contribution >= 0.6 is 0 Å². The van der Waals surface area contributed by atoms with Crippen LogP contribution in [0.2, 0.25) is 0 Å². The van der Waals surface area contributed by atoms with Gasteiger partial charge in [0.25, 0.3) is 11.8 Å². The van der Waals surface area contributed by atoms with E-state index in [1.807, 2.05) is 66.8 Å². The molecule has 3 N–H and O–H groups in total. The number of likely N-dealkylation sites (N-methyl/N-ethyl adjacent to an activating group) is 2. The molecule has 2 aromatic carbocycles. The third-order valence-corrected chi connectivity index (χ3v) is 6.75. The van der Waals surface area contributed by atoms with Crippen molar-refractivity contribution >= 4 is 17.5 Å². The zero-order chi connectivity index (χ0) is 24.4. The Kier molecular flexibility index (Phi) is 7.02. The zero-order valence-corrected chi connectivity index (χ0v) is 19.8. The van der Waals surface area contributed by atoms with Gasteiger partial charge in [0.2, 0.25) is 0 Å². The Balaban J connectivity index is 1.32. The summed E-state index contributed by atoms with van der Waals surface area (Å²) in [4.78, 5) is 26.8. The van der Waals surface area contributed by atoms with E-state index in [2.05, 4.69) is 16.4 Å². The van der Waals surface area contributed by atoms with Gasteiger partial charge in [-0.1, -0.05) is 42.5 Å². The van der Waals surface area contributed by atoms with Crippen LogP contribution in [0.25, 0.3) is 0 Å². The van der Waals surface area contributed by atoms with Crippen molar-refractivity contribution in [2.75, 3.05) is 25.6 Å². The van der Waals surface area contributed by atoms with Gasteiger partial charge in [-0.2, -0.15) is 0 Å². The van der Waals surface area contributed by atoms with Crippen molar-refractivity contribution in [1.29, 1.82) is 0 Å². The number of anilines is 1. The number of carbonyl (C=O) groups excluding carboxylic acids is 2. The fourth-order valence-electron chi connectivity index (χ4n) is 4.56. The molecule has 2 aliphatic rings. The second-order valence-electron chi connectivity index (χ2n) is 9.06. The summed E-state index contributed by atoms with van der Waals surface area (Å²) in [6, 6.07) is 15.2. The number of hydrogen-bond donors (Lipinski definition) is 3. The van der Waals surface area contributed by atoms with Gasteiger partial charge in [0.1, 0.15) is 0 Å². The molecule has 1 aliphatic heterocycles. The minimum atomic E-state index is -1.86. The number of aliphatic hydroxyl groups excluding tert-OH is 2. The first-order chi connectivity index (χ1) is 16.3. The minimum Gasteiger partial charge on any atom is -0.380 e. The number of hydrazine groups is 1. The van der Waals surface area contributed by atoms with Gasteiger partial charge in [-0.3, -0.25) is 14.6 Å². The standard InChI is InChI=1S/C26H32N4O4/c1-17(18-9-11-21(12-10-18)30-14-6-13-28(30)2)27-25(33)23(31)24(32)26(34)29(3)22-15-19-7-4-5-8-20(19)16-22/h4-12,14,17,22-24,31-32H,13,15-16H2,1-3H3,(H,27,33)/t17-,23-,24-/m1/s1. The monoisotopic (exact) mass is 464 g/mol. The van der Waals surface area contributed by atoms with E-state index in [9.17, 15) is 19.8 Å². The molecule has 4 rings (SSSR count). The lowest BCUT2D eigenvalue weighted by atomic mass is 10.1. The highest BCUT2D eigenvalue weighted by molar-refractivity contribution is 5.91. The first-order valence-electron chi connectivity index (χ1n) is 11.5. The van der Waals surface area contributed by atoms with E-state index in [0.717, 1.165) is 17.8 Å². The molecule has 0 fully saturated rings. The molecule has 0 unspecified atom stereocenters. The molecule has 2 amide bonds. The van der Waals surface area contributed by atoms with Gasteiger partial charge in [0, 0.05) is 32.9 Å². The Morgan fingerprint density at radius 3 is 2.21 bits per heavy atom. The average molecular weight is 465 g/mol. The van der Waals surface area contributed by atoms with Crippen molar-refractivity contribution in [2.24, 2.45) is 0 Å². The molecule has 0 saturated carbocycles. The molecule has 8 heteroatoms. The molecule has 2 aromatic rings. The number of benzene rings is 2. The summed E-state index contributed by atoms with van der Waals surface area (Å²) in [6.07, 6.45) is 1.74. The summed E-state index contributed by atoms with van der Waals surface area (Å²) in [7, 11) is 3.59. The topological polar surface area (TPSA) is 96.3 Å². The number of nitrogens with one attached hydrogen (secondary N) is 1. The number of carbonyl (C=O) groups is 2. The summed E-state index contributed by atoms with van der Waals surface area (Å²) < 4.78 is 0. The molecular weight excluding hydrogens is 432 g/mol. The van der Waals surface area contributed by atoms with Crippen LogP contribution in [-0.4, -0.2) is 70.8 Å². The highest BCUT2D eigenvalue weighted by Gasteiger charge is 2.36. The van der Waals surface area contributed by atoms with Crippen LogP contribution < -0.4 is 10.3 Å². The van der Waals surface area contributed by atoms with Crippen molar-refractivity contribution < 1.29 is 19.8 Å². The fourth-order valence-corrected chi connectivity index (χ4v) is 4.56. The van der Waals surface area contributed by atoms with Crippen molar-refractivity contribution in [3.8, 4) is 0 Å². The van der Waals surface area contributed by atoms with Crippen LogP contribution in [0.1, 0.15) is 29.7 Å². The van der Waals surface area contributed by atoms with Crippen LogP contribution in [-0.2, 0) is 22.4 Å². The van der Waals surface area contributed by atoms with Crippen LogP contribution in [0.15, 0.2) is 60.8 Å². The Bertz CT molecular complexity index is 1050. The first-order valence-corrected chi connectivity index (χ1v) is 11.5. The van der Waals surface area contributed by atoms with Crippen molar-refractivity contribution in [3.05, 3.63) is 77.5 Å². The second kappa shape index (κ2) is 9.97. The van der Waals surface area contributed by atoms with Gasteiger partial charge in [-0.05, 0) is 48.6 Å². The lowest BCUT2D eigenvalue weighted by Crippen LogP contribution is -2.52. The normalized spacial score (nSPS) is 18.4. The molecular formula is C26H32N4O4. The van der Waals surface area contributed by atoms with E-state index in [4.69, 9.17) is 0 Å². The fraction of sp³-hybridized carbons (Fsp3) is 0.385. The number of nitrogens with zero attached hydrogens (tertiary/aromatic N) is 3. The first kappa shape index (κ1) is 23.9. The molecule has 0 saturated heterocycles. The molecule has 180 valence electrons. The third-order valence-electron chi connectivity index (χ3n) is 6.75. The van der Waals surface area contributed by atoms with Gasteiger partial charge in [-0.25, -0.2) is 5.01 Å². The highest BCUT2D eigenvalue weighted by atomic mass is 16.3. The van der Waals surface area contributed by atoms with E-state index in [0.29, 0.717) is 12.8 Å². The number of fused-ring (bicyclic) bond motifs is 1. The summed E-state index contributed by atoms with van der Waals surface area (Å²) in [5.41, 5.74) is 4.19. The van der Waals surface area contributed by atoms with Gasteiger partial charge >= 0.3 is 0 Å². The Morgan fingerprint density at radius 2 is 1.65 bits per heavy atom. The van der Waals surface area contributed by atoms with Gasteiger partial charge < -0.3 is 20.4 Å². The number of amides is 2. The summed E-state index contributed by atoms with van der Waals surface area (Å²) in [5.74, 6) is -1.46. The Morgan fingerprint density at radius 1 is 1.03 bits per heavy atom. The second-order valence-corrected chi connectivity index (χ2v) is 9.06. The van der Waals surface area contributed by atoms with E-state index in [1.54, 1.807) is 14.0 Å². The van der Waals surface area contributed by atoms with Crippen molar-refractivity contribution in [2.45, 2.75) is 44.1 Å². The van der Waals surface area contributed by atoms with E-state index >= 15 is 0 Å². The smallest absolute Gasteiger partial charge is 0.254 e. The maximum Gasteiger partial charge on any atom is 0.254 e. The summed E-state index contributed by atoms with van der Waals surface area (Å²) in [5, 5.41) is 27.6. The molecule has 0 spiro atoms. The zero-order valence-electron chi connectivity index (χ0n) is 19.8.